The van der Waals surface area contributed by atoms with Gasteiger partial charge in [-0.3, -0.25) is 0 Å². The molecule has 0 aromatic carbocycles. The molecule has 0 bridgehead atoms. The summed E-state index contributed by atoms with van der Waals surface area (Å²) in [4.78, 5) is 0.318. The van der Waals surface area contributed by atoms with Crippen LogP contribution in [0, 0.1) is 0 Å². The monoisotopic (exact) mass is 303 g/mol. The van der Waals surface area contributed by atoms with E-state index in [0.717, 1.165) is 12.2 Å². The molecule has 6 nitrogen and oxygen atoms in total. The van der Waals surface area contributed by atoms with Crippen molar-refractivity contribution in [1.82, 2.24) is 14.2 Å². The van der Waals surface area contributed by atoms with Gasteiger partial charge in [0.05, 0.1) is 6.61 Å². The third-order valence-corrected chi connectivity index (χ3v) is 5.28. The number of nitrogens with one attached hydrogen (secondary N) is 1. The van der Waals surface area contributed by atoms with Crippen LogP contribution in [0.4, 0.5) is 0 Å². The molecule has 1 rings (SSSR count). The second kappa shape index (κ2) is 7.21. The molecule has 1 unspecified atom stereocenters. The van der Waals surface area contributed by atoms with E-state index in [9.17, 15) is 8.42 Å². The summed E-state index contributed by atoms with van der Waals surface area (Å²) in [5.74, 6) is 0. The van der Waals surface area contributed by atoms with Crippen LogP contribution in [0.25, 0.3) is 0 Å². The first-order valence-corrected chi connectivity index (χ1v) is 8.11. The molecule has 20 heavy (non-hydrogen) atoms. The molecular formula is C13H25N3O3S. The quantitative estimate of drug-likeness (QED) is 0.771. The predicted molar refractivity (Wildman–Crippen MR) is 79.1 cm³/mol. The van der Waals surface area contributed by atoms with Gasteiger partial charge in [-0.1, -0.05) is 6.92 Å². The highest BCUT2D eigenvalue weighted by Crippen LogP contribution is 2.19. The highest BCUT2D eigenvalue weighted by atomic mass is 32.2. The lowest BCUT2D eigenvalue weighted by atomic mass is 10.4. The van der Waals surface area contributed by atoms with Crippen molar-refractivity contribution >= 4 is 10.0 Å². The smallest absolute Gasteiger partial charge is 0.244 e. The number of hydrogen-bond donors (Lipinski definition) is 1. The zero-order valence-corrected chi connectivity index (χ0v) is 13.7. The third-order valence-electron chi connectivity index (χ3n) is 3.34. The molecule has 1 atom stereocenters. The molecular weight excluding hydrogens is 278 g/mol. The Morgan fingerprint density at radius 1 is 1.50 bits per heavy atom. The predicted octanol–water partition coefficient (Wildman–Crippen LogP) is 0.790. The van der Waals surface area contributed by atoms with Gasteiger partial charge < -0.3 is 14.6 Å². The zero-order chi connectivity index (χ0) is 15.3. The van der Waals surface area contributed by atoms with Gasteiger partial charge >= 0.3 is 0 Å². The summed E-state index contributed by atoms with van der Waals surface area (Å²) in [6.07, 6.45) is 1.65. The van der Waals surface area contributed by atoms with E-state index in [1.807, 2.05) is 25.5 Å². The molecule has 0 saturated carbocycles. The van der Waals surface area contributed by atoms with E-state index in [1.54, 1.807) is 26.4 Å². The fourth-order valence-corrected chi connectivity index (χ4v) is 3.34. The Bertz CT molecular complexity index is 525. The molecule has 0 saturated heterocycles. The van der Waals surface area contributed by atoms with Crippen molar-refractivity contribution in [2.24, 2.45) is 7.05 Å². The maximum Gasteiger partial charge on any atom is 0.244 e. The van der Waals surface area contributed by atoms with E-state index < -0.39 is 10.0 Å². The Labute approximate surface area is 121 Å². The van der Waals surface area contributed by atoms with E-state index in [2.05, 4.69) is 5.32 Å². The van der Waals surface area contributed by atoms with E-state index in [4.69, 9.17) is 4.74 Å². The van der Waals surface area contributed by atoms with Crippen molar-refractivity contribution < 1.29 is 13.2 Å². The second-order valence-electron chi connectivity index (χ2n) is 4.88. The van der Waals surface area contributed by atoms with E-state index in [1.165, 1.54) is 4.31 Å². The van der Waals surface area contributed by atoms with Gasteiger partial charge in [0.1, 0.15) is 4.90 Å². The van der Waals surface area contributed by atoms with Crippen LogP contribution in [0.3, 0.4) is 0 Å². The van der Waals surface area contributed by atoms with Crippen molar-refractivity contribution in [3.8, 4) is 0 Å². The molecule has 1 N–H and O–H groups in total. The Hall–Kier alpha value is -0.890. The van der Waals surface area contributed by atoms with Crippen molar-refractivity contribution in [1.29, 1.82) is 0 Å². The van der Waals surface area contributed by atoms with E-state index >= 15 is 0 Å². The van der Waals surface area contributed by atoms with Gasteiger partial charge in [0, 0.05) is 45.7 Å². The van der Waals surface area contributed by atoms with Gasteiger partial charge in [0.25, 0.3) is 0 Å². The fraction of sp³-hybridized carbons (Fsp3) is 0.692. The summed E-state index contributed by atoms with van der Waals surface area (Å²) in [5, 5.41) is 3.19. The third kappa shape index (κ3) is 3.82. The van der Waals surface area contributed by atoms with Gasteiger partial charge in [-0.15, -0.1) is 0 Å². The summed E-state index contributed by atoms with van der Waals surface area (Å²) in [5.41, 5.74) is 0.943. The number of likely N-dealkylation sites (N-methyl/N-ethyl adjacent to an activating group) is 1. The molecule has 0 amide bonds. The first-order valence-electron chi connectivity index (χ1n) is 6.67. The van der Waals surface area contributed by atoms with Crippen LogP contribution in [-0.4, -0.2) is 50.6 Å². The second-order valence-corrected chi connectivity index (χ2v) is 6.88. The molecule has 0 spiro atoms. The highest BCUT2D eigenvalue weighted by molar-refractivity contribution is 7.89. The molecule has 1 aromatic heterocycles. The highest BCUT2D eigenvalue weighted by Gasteiger charge is 2.26. The Morgan fingerprint density at radius 2 is 2.15 bits per heavy atom. The number of aryl methyl sites for hydroxylation is 1. The largest absolute Gasteiger partial charge is 0.383 e. The summed E-state index contributed by atoms with van der Waals surface area (Å²) in [6.45, 7) is 5.70. The molecule has 116 valence electrons. The normalized spacial score (nSPS) is 13.9. The minimum atomic E-state index is -3.48. The number of nitrogens with zero attached hydrogens (tertiary/aromatic N) is 2. The minimum Gasteiger partial charge on any atom is -0.383 e. The Balaban J connectivity index is 2.98. The van der Waals surface area contributed by atoms with Gasteiger partial charge in [-0.2, -0.15) is 4.31 Å². The molecule has 1 aromatic rings. The average molecular weight is 303 g/mol. The van der Waals surface area contributed by atoms with Crippen LogP contribution in [0.15, 0.2) is 17.2 Å². The molecule has 0 aliphatic heterocycles. The SMILES string of the molecule is CCNCc1cc(S(=O)(=O)N(C)C(C)COC)cn1C. The molecule has 0 aliphatic carbocycles. The first kappa shape index (κ1) is 17.2. The number of rotatable bonds is 8. The summed E-state index contributed by atoms with van der Waals surface area (Å²) in [6, 6.07) is 1.51. The summed E-state index contributed by atoms with van der Waals surface area (Å²) >= 11 is 0. The van der Waals surface area contributed by atoms with E-state index in [-0.39, 0.29) is 6.04 Å². The van der Waals surface area contributed by atoms with Gasteiger partial charge in [0.2, 0.25) is 10.0 Å². The molecule has 1 heterocycles. The standard InChI is InChI=1S/C13H25N3O3S/c1-6-14-8-12-7-13(9-15(12)3)20(17,18)16(4)11(2)10-19-5/h7,9,11,14H,6,8,10H2,1-5H3. The molecule has 0 aliphatic rings. The Kier molecular flexibility index (Phi) is 6.19. The van der Waals surface area contributed by atoms with Gasteiger partial charge in [0.15, 0.2) is 0 Å². The molecule has 0 fully saturated rings. The number of sulfonamides is 1. The lowest BCUT2D eigenvalue weighted by molar-refractivity contribution is 0.149. The van der Waals surface area contributed by atoms with Crippen molar-refractivity contribution in [3.63, 3.8) is 0 Å². The fourth-order valence-electron chi connectivity index (χ4n) is 1.90. The summed E-state index contributed by atoms with van der Waals surface area (Å²) in [7, 11) is 1.51. The van der Waals surface area contributed by atoms with Crippen LogP contribution < -0.4 is 5.32 Å². The van der Waals surface area contributed by atoms with Gasteiger partial charge in [-0.25, -0.2) is 8.42 Å². The lowest BCUT2D eigenvalue weighted by Crippen LogP contribution is -2.37. The van der Waals surface area contributed by atoms with Crippen molar-refractivity contribution in [3.05, 3.63) is 18.0 Å². The van der Waals surface area contributed by atoms with Crippen molar-refractivity contribution in [2.75, 3.05) is 27.3 Å². The number of ether oxygens (including phenoxy) is 1. The first-order chi connectivity index (χ1) is 9.34. The average Bonchev–Trinajstić information content (AvgIpc) is 2.77. The number of methoxy groups -OCH3 is 1. The van der Waals surface area contributed by atoms with Gasteiger partial charge in [-0.05, 0) is 19.5 Å². The van der Waals surface area contributed by atoms with Crippen LogP contribution in [0.1, 0.15) is 19.5 Å². The molecule has 7 heteroatoms. The topological polar surface area (TPSA) is 63.6 Å². The van der Waals surface area contributed by atoms with E-state index in [0.29, 0.717) is 18.0 Å². The van der Waals surface area contributed by atoms with Crippen LogP contribution >= 0.6 is 0 Å². The summed E-state index contributed by atoms with van der Waals surface area (Å²) < 4.78 is 33.3. The zero-order valence-electron chi connectivity index (χ0n) is 12.9. The number of hydrogen-bond acceptors (Lipinski definition) is 4. The lowest BCUT2D eigenvalue weighted by Gasteiger charge is -2.22. The maximum absolute atomic E-state index is 12.5. The minimum absolute atomic E-state index is 0.206. The molecule has 0 radical (unpaired) electrons. The van der Waals surface area contributed by atoms with Crippen LogP contribution in [-0.2, 0) is 28.4 Å². The number of aromatic nitrogens is 1. The van der Waals surface area contributed by atoms with Crippen LogP contribution in [0.5, 0.6) is 0 Å². The van der Waals surface area contributed by atoms with Crippen molar-refractivity contribution in [2.45, 2.75) is 31.3 Å². The Morgan fingerprint density at radius 3 is 2.70 bits per heavy atom. The maximum atomic E-state index is 12.5. The van der Waals surface area contributed by atoms with Crippen LogP contribution in [0.2, 0.25) is 0 Å².